The number of nitrogens with zero attached hydrogens (tertiary/aromatic N) is 1. The molecule has 0 saturated carbocycles. The van der Waals surface area contributed by atoms with Gasteiger partial charge in [-0.15, -0.1) is 11.3 Å². The Labute approximate surface area is 129 Å². The molecule has 1 aromatic carbocycles. The van der Waals surface area contributed by atoms with Crippen LogP contribution in [-0.4, -0.2) is 11.5 Å². The van der Waals surface area contributed by atoms with E-state index in [9.17, 15) is 0 Å². The van der Waals surface area contributed by atoms with E-state index in [2.05, 4.69) is 59.9 Å². The number of aromatic nitrogens is 1. The average molecular weight is 296 g/mol. The number of aryl methyl sites for hydroxylation is 1. The quantitative estimate of drug-likeness (QED) is 0.746. The molecule has 2 nitrogen and oxygen atoms in total. The zero-order valence-corrected chi connectivity index (χ0v) is 13.3. The molecule has 2 heterocycles. The fourth-order valence-electron chi connectivity index (χ4n) is 2.82. The van der Waals surface area contributed by atoms with E-state index in [4.69, 9.17) is 0 Å². The van der Waals surface area contributed by atoms with E-state index in [-0.39, 0.29) is 6.04 Å². The Kier molecular flexibility index (Phi) is 4.32. The second-order valence-electron chi connectivity index (χ2n) is 5.07. The Balaban J connectivity index is 2.16. The van der Waals surface area contributed by atoms with Gasteiger partial charge in [0, 0.05) is 16.5 Å². The molecule has 1 atom stereocenters. The van der Waals surface area contributed by atoms with Crippen molar-refractivity contribution in [3.63, 3.8) is 0 Å². The Bertz CT molecular complexity index is 727. The first-order chi connectivity index (χ1) is 10.3. The summed E-state index contributed by atoms with van der Waals surface area (Å²) < 4.78 is 0. The lowest BCUT2D eigenvalue weighted by atomic mass is 9.97. The van der Waals surface area contributed by atoms with Crippen molar-refractivity contribution in [2.24, 2.45) is 0 Å². The van der Waals surface area contributed by atoms with Crippen LogP contribution in [0.5, 0.6) is 0 Å². The SMILES string of the molecule is CCNC(c1sccc1CC)c1cccc2ncccc12. The summed E-state index contributed by atoms with van der Waals surface area (Å²) in [5.74, 6) is 0. The number of rotatable bonds is 5. The molecule has 0 aliphatic rings. The number of pyridine rings is 1. The molecular formula is C18H20N2S. The summed E-state index contributed by atoms with van der Waals surface area (Å²) in [6.07, 6.45) is 2.93. The molecular weight excluding hydrogens is 276 g/mol. The minimum atomic E-state index is 0.248. The molecule has 1 N–H and O–H groups in total. The molecule has 3 aromatic rings. The van der Waals surface area contributed by atoms with Crippen LogP contribution in [0.25, 0.3) is 10.9 Å². The van der Waals surface area contributed by atoms with Crippen LogP contribution in [0.1, 0.15) is 35.9 Å². The lowest BCUT2D eigenvalue weighted by Gasteiger charge is -2.20. The summed E-state index contributed by atoms with van der Waals surface area (Å²) in [6.45, 7) is 5.33. The van der Waals surface area contributed by atoms with E-state index < -0.39 is 0 Å². The molecule has 0 amide bonds. The van der Waals surface area contributed by atoms with Gasteiger partial charge in [-0.2, -0.15) is 0 Å². The summed E-state index contributed by atoms with van der Waals surface area (Å²) in [7, 11) is 0. The van der Waals surface area contributed by atoms with E-state index in [1.165, 1.54) is 21.4 Å². The highest BCUT2D eigenvalue weighted by atomic mass is 32.1. The van der Waals surface area contributed by atoms with E-state index in [0.29, 0.717) is 0 Å². The molecule has 0 bridgehead atoms. The molecule has 3 rings (SSSR count). The summed E-state index contributed by atoms with van der Waals surface area (Å²) in [4.78, 5) is 5.91. The van der Waals surface area contributed by atoms with Crippen LogP contribution in [0.15, 0.2) is 48.0 Å². The maximum atomic E-state index is 4.48. The summed E-state index contributed by atoms with van der Waals surface area (Å²) in [5, 5.41) is 7.08. The number of hydrogen-bond acceptors (Lipinski definition) is 3. The monoisotopic (exact) mass is 296 g/mol. The summed E-state index contributed by atoms with van der Waals surface area (Å²) in [6, 6.07) is 13.1. The molecule has 3 heteroatoms. The standard InChI is InChI=1S/C18H20N2S/c1-3-13-10-12-21-18(13)17(19-4-2)15-7-5-9-16-14(15)8-6-11-20-16/h5-12,17,19H,3-4H2,1-2H3. The molecule has 2 aromatic heterocycles. The van der Waals surface area contributed by atoms with Crippen molar-refractivity contribution in [2.75, 3.05) is 6.54 Å². The Hall–Kier alpha value is -1.71. The molecule has 108 valence electrons. The van der Waals surface area contributed by atoms with Crippen LogP contribution >= 0.6 is 11.3 Å². The lowest BCUT2D eigenvalue weighted by Crippen LogP contribution is -2.22. The minimum Gasteiger partial charge on any atom is -0.306 e. The maximum Gasteiger partial charge on any atom is 0.0705 e. The molecule has 0 radical (unpaired) electrons. The first-order valence-corrected chi connectivity index (χ1v) is 8.36. The van der Waals surface area contributed by atoms with Gasteiger partial charge in [0.05, 0.1) is 11.6 Å². The summed E-state index contributed by atoms with van der Waals surface area (Å²) >= 11 is 1.84. The van der Waals surface area contributed by atoms with Gasteiger partial charge >= 0.3 is 0 Å². The van der Waals surface area contributed by atoms with Gasteiger partial charge in [0.25, 0.3) is 0 Å². The Morgan fingerprint density at radius 2 is 2.05 bits per heavy atom. The normalized spacial score (nSPS) is 12.7. The van der Waals surface area contributed by atoms with Gasteiger partial charge < -0.3 is 5.32 Å². The first kappa shape index (κ1) is 14.2. The topological polar surface area (TPSA) is 24.9 Å². The number of nitrogens with one attached hydrogen (secondary N) is 1. The van der Waals surface area contributed by atoms with Crippen molar-refractivity contribution in [3.05, 3.63) is 64.0 Å². The largest absolute Gasteiger partial charge is 0.306 e. The maximum absolute atomic E-state index is 4.48. The number of thiophene rings is 1. The van der Waals surface area contributed by atoms with E-state index in [1.807, 2.05) is 23.6 Å². The van der Waals surface area contributed by atoms with Crippen molar-refractivity contribution in [1.29, 1.82) is 0 Å². The highest BCUT2D eigenvalue weighted by Crippen LogP contribution is 2.33. The highest BCUT2D eigenvalue weighted by molar-refractivity contribution is 7.10. The van der Waals surface area contributed by atoms with Crippen molar-refractivity contribution in [1.82, 2.24) is 10.3 Å². The second kappa shape index (κ2) is 6.37. The van der Waals surface area contributed by atoms with Gasteiger partial charge in [0.15, 0.2) is 0 Å². The number of benzene rings is 1. The smallest absolute Gasteiger partial charge is 0.0705 e. The fraction of sp³-hybridized carbons (Fsp3) is 0.278. The molecule has 1 unspecified atom stereocenters. The summed E-state index contributed by atoms with van der Waals surface area (Å²) in [5.41, 5.74) is 3.82. The molecule has 0 spiro atoms. The van der Waals surface area contributed by atoms with Crippen molar-refractivity contribution in [2.45, 2.75) is 26.3 Å². The minimum absolute atomic E-state index is 0.248. The Morgan fingerprint density at radius 3 is 2.86 bits per heavy atom. The second-order valence-corrected chi connectivity index (χ2v) is 6.02. The molecule has 0 aliphatic carbocycles. The van der Waals surface area contributed by atoms with Crippen molar-refractivity contribution < 1.29 is 0 Å². The van der Waals surface area contributed by atoms with Crippen molar-refractivity contribution >= 4 is 22.2 Å². The first-order valence-electron chi connectivity index (χ1n) is 7.48. The third-order valence-electron chi connectivity index (χ3n) is 3.82. The zero-order chi connectivity index (χ0) is 14.7. The van der Waals surface area contributed by atoms with Gasteiger partial charge in [-0.25, -0.2) is 0 Å². The van der Waals surface area contributed by atoms with Gasteiger partial charge in [0.2, 0.25) is 0 Å². The van der Waals surface area contributed by atoms with Crippen LogP contribution in [0.3, 0.4) is 0 Å². The molecule has 0 fully saturated rings. The van der Waals surface area contributed by atoms with Gasteiger partial charge in [0.1, 0.15) is 0 Å². The Morgan fingerprint density at radius 1 is 1.14 bits per heavy atom. The highest BCUT2D eigenvalue weighted by Gasteiger charge is 2.19. The van der Waals surface area contributed by atoms with Crippen molar-refractivity contribution in [3.8, 4) is 0 Å². The van der Waals surface area contributed by atoms with Crippen LogP contribution in [-0.2, 0) is 6.42 Å². The third-order valence-corrected chi connectivity index (χ3v) is 4.85. The van der Waals surface area contributed by atoms with E-state index in [1.54, 1.807) is 0 Å². The van der Waals surface area contributed by atoms with Crippen LogP contribution in [0.4, 0.5) is 0 Å². The average Bonchev–Trinajstić information content (AvgIpc) is 3.00. The van der Waals surface area contributed by atoms with Crippen LogP contribution in [0, 0.1) is 0 Å². The third kappa shape index (κ3) is 2.71. The fourth-order valence-corrected chi connectivity index (χ4v) is 3.91. The predicted molar refractivity (Wildman–Crippen MR) is 91.0 cm³/mol. The molecule has 21 heavy (non-hydrogen) atoms. The molecule has 0 saturated heterocycles. The predicted octanol–water partition coefficient (Wildman–Crippen LogP) is 4.56. The molecule has 0 aliphatic heterocycles. The van der Waals surface area contributed by atoms with Crippen LogP contribution < -0.4 is 5.32 Å². The van der Waals surface area contributed by atoms with Gasteiger partial charge in [-0.05, 0) is 47.7 Å². The van der Waals surface area contributed by atoms with Gasteiger partial charge in [-0.3, -0.25) is 4.98 Å². The zero-order valence-electron chi connectivity index (χ0n) is 12.5. The number of hydrogen-bond donors (Lipinski definition) is 1. The van der Waals surface area contributed by atoms with E-state index in [0.717, 1.165) is 18.5 Å². The van der Waals surface area contributed by atoms with Gasteiger partial charge in [-0.1, -0.05) is 32.0 Å². The van der Waals surface area contributed by atoms with E-state index >= 15 is 0 Å². The number of fused-ring (bicyclic) bond motifs is 1. The van der Waals surface area contributed by atoms with Crippen LogP contribution in [0.2, 0.25) is 0 Å². The lowest BCUT2D eigenvalue weighted by molar-refractivity contribution is 0.639.